The van der Waals surface area contributed by atoms with Gasteiger partial charge in [-0.25, -0.2) is 5.26 Å². The molecule has 0 fully saturated rings. The van der Waals surface area contributed by atoms with E-state index in [1.54, 1.807) is 0 Å². The Kier molecular flexibility index (Phi) is 8.01. The second-order valence-electron chi connectivity index (χ2n) is 8.28. The second-order valence-corrected chi connectivity index (χ2v) is 8.46. The standard InChI is InChI=1S/C31H26N.CHNS/c1-24-17-19-25(20-18-24)23-32-30(27-13-7-3-8-14-27)21-29(26-11-5-2-6-12-26)22-31(32)28-15-9-4-10-16-28;2-1-3/h2-22H,23H2,1H3;3H/q+1;/p-1. The SMILES string of the molecule is Cc1ccc(C[n+]2c(-c3ccccc3)cc(-c3ccccc3)cc2-c2ccccc2)cc1.N#C[S-]. The van der Waals surface area contributed by atoms with E-state index in [0.29, 0.717) is 0 Å². The minimum atomic E-state index is 0.809. The highest BCUT2D eigenvalue weighted by atomic mass is 32.1. The van der Waals surface area contributed by atoms with Crippen LogP contribution in [0.5, 0.6) is 0 Å². The normalized spacial score (nSPS) is 10.1. The van der Waals surface area contributed by atoms with Gasteiger partial charge in [-0.15, -0.1) is 0 Å². The fourth-order valence-electron chi connectivity index (χ4n) is 4.16. The summed E-state index contributed by atoms with van der Waals surface area (Å²) in [4.78, 5) is 0. The predicted molar refractivity (Wildman–Crippen MR) is 146 cm³/mol. The van der Waals surface area contributed by atoms with Crippen molar-refractivity contribution in [1.82, 2.24) is 0 Å². The van der Waals surface area contributed by atoms with Crippen LogP contribution in [0.3, 0.4) is 0 Å². The fourth-order valence-corrected chi connectivity index (χ4v) is 4.16. The summed E-state index contributed by atoms with van der Waals surface area (Å²) >= 11 is 3.70. The summed E-state index contributed by atoms with van der Waals surface area (Å²) in [5, 5.41) is 8.47. The van der Waals surface area contributed by atoms with E-state index in [-0.39, 0.29) is 0 Å². The van der Waals surface area contributed by atoms with Gasteiger partial charge in [0.1, 0.15) is 0 Å². The van der Waals surface area contributed by atoms with Crippen molar-refractivity contribution < 1.29 is 4.57 Å². The molecule has 170 valence electrons. The monoisotopic (exact) mass is 470 g/mol. The van der Waals surface area contributed by atoms with Crippen LogP contribution < -0.4 is 4.57 Å². The molecule has 4 aromatic carbocycles. The number of hydrogen-bond donors (Lipinski definition) is 0. The summed E-state index contributed by atoms with van der Waals surface area (Å²) in [6.07, 6.45) is 0. The van der Waals surface area contributed by atoms with Gasteiger partial charge in [0.25, 0.3) is 0 Å². The molecular formula is C32H26N2S. The van der Waals surface area contributed by atoms with Gasteiger partial charge in [0.2, 0.25) is 11.4 Å². The van der Waals surface area contributed by atoms with Crippen LogP contribution in [0.1, 0.15) is 11.1 Å². The Bertz CT molecular complexity index is 1350. The molecule has 0 aliphatic heterocycles. The van der Waals surface area contributed by atoms with Crippen molar-refractivity contribution in [2.45, 2.75) is 13.5 Å². The minimum Gasteiger partial charge on any atom is -0.696 e. The number of nitriles is 1. The smallest absolute Gasteiger partial charge is 0.213 e. The van der Waals surface area contributed by atoms with Gasteiger partial charge >= 0.3 is 0 Å². The lowest BCUT2D eigenvalue weighted by molar-refractivity contribution is -0.666. The van der Waals surface area contributed by atoms with E-state index < -0.39 is 0 Å². The Morgan fingerprint density at radius 1 is 0.600 bits per heavy atom. The lowest BCUT2D eigenvalue weighted by Crippen LogP contribution is -2.39. The molecule has 1 heterocycles. The Hall–Kier alpha value is -4.26. The van der Waals surface area contributed by atoms with E-state index >= 15 is 0 Å². The molecule has 0 unspecified atom stereocenters. The molecule has 0 N–H and O–H groups in total. The van der Waals surface area contributed by atoms with Crippen LogP contribution >= 0.6 is 0 Å². The van der Waals surface area contributed by atoms with Gasteiger partial charge in [-0.2, -0.15) is 4.57 Å². The van der Waals surface area contributed by atoms with Crippen LogP contribution in [0.2, 0.25) is 0 Å². The predicted octanol–water partition coefficient (Wildman–Crippen LogP) is 7.35. The van der Waals surface area contributed by atoms with Crippen molar-refractivity contribution in [3.63, 3.8) is 0 Å². The molecule has 0 amide bonds. The average Bonchev–Trinajstić information content (AvgIpc) is 2.92. The minimum absolute atomic E-state index is 0.809. The summed E-state index contributed by atoms with van der Waals surface area (Å²) < 4.78 is 2.45. The molecule has 5 aromatic rings. The topological polar surface area (TPSA) is 27.7 Å². The number of rotatable bonds is 5. The first-order chi connectivity index (χ1) is 17.2. The number of aryl methyl sites for hydroxylation is 1. The van der Waals surface area contributed by atoms with E-state index in [1.807, 2.05) is 0 Å². The lowest BCUT2D eigenvalue weighted by atomic mass is 9.98. The highest BCUT2D eigenvalue weighted by Crippen LogP contribution is 2.29. The first-order valence-electron chi connectivity index (χ1n) is 11.5. The number of thiocyanates is 1. The molecule has 1 aromatic heterocycles. The van der Waals surface area contributed by atoms with Gasteiger partial charge in [0.15, 0.2) is 6.54 Å². The molecule has 0 saturated carbocycles. The van der Waals surface area contributed by atoms with Gasteiger partial charge in [0.05, 0.1) is 0 Å². The maximum atomic E-state index is 7.13. The third-order valence-electron chi connectivity index (χ3n) is 5.87. The lowest BCUT2D eigenvalue weighted by Gasteiger charge is -2.13. The second kappa shape index (κ2) is 11.7. The summed E-state index contributed by atoms with van der Waals surface area (Å²) in [5.74, 6) is 0. The number of hydrogen-bond acceptors (Lipinski definition) is 2. The molecule has 0 aliphatic carbocycles. The number of nitrogens with zero attached hydrogens (tertiary/aromatic N) is 2. The third-order valence-corrected chi connectivity index (χ3v) is 5.87. The van der Waals surface area contributed by atoms with Gasteiger partial charge in [-0.3, -0.25) is 0 Å². The highest BCUT2D eigenvalue weighted by Gasteiger charge is 2.23. The summed E-state index contributed by atoms with van der Waals surface area (Å²) in [6, 6.07) is 45.6. The zero-order chi connectivity index (χ0) is 24.5. The molecule has 5 rings (SSSR count). The van der Waals surface area contributed by atoms with Crippen LogP contribution in [-0.4, -0.2) is 0 Å². The Balaban J connectivity index is 0.000000917. The Morgan fingerprint density at radius 2 is 1.00 bits per heavy atom. The van der Waals surface area contributed by atoms with Gasteiger partial charge in [-0.1, -0.05) is 102 Å². The van der Waals surface area contributed by atoms with Crippen LogP contribution in [-0.2, 0) is 19.2 Å². The van der Waals surface area contributed by atoms with E-state index in [9.17, 15) is 0 Å². The van der Waals surface area contributed by atoms with Crippen LogP contribution in [0.4, 0.5) is 0 Å². The van der Waals surface area contributed by atoms with Crippen molar-refractivity contribution in [1.29, 1.82) is 5.26 Å². The van der Waals surface area contributed by atoms with Crippen molar-refractivity contribution in [2.24, 2.45) is 0 Å². The highest BCUT2D eigenvalue weighted by molar-refractivity contribution is 7.64. The fraction of sp³-hybridized carbons (Fsp3) is 0.0625. The van der Waals surface area contributed by atoms with E-state index in [2.05, 4.69) is 152 Å². The molecule has 35 heavy (non-hydrogen) atoms. The average molecular weight is 471 g/mol. The molecule has 0 aliphatic rings. The molecule has 2 nitrogen and oxygen atoms in total. The quantitative estimate of drug-likeness (QED) is 0.153. The van der Waals surface area contributed by atoms with Crippen LogP contribution in [0.25, 0.3) is 33.6 Å². The zero-order valence-corrected chi connectivity index (χ0v) is 20.5. The van der Waals surface area contributed by atoms with Crippen LogP contribution in [0.15, 0.2) is 127 Å². The number of benzene rings is 4. The number of aromatic nitrogens is 1. The van der Waals surface area contributed by atoms with Crippen molar-refractivity contribution >= 4 is 12.6 Å². The van der Waals surface area contributed by atoms with Gasteiger partial charge in [0, 0.05) is 28.8 Å². The van der Waals surface area contributed by atoms with Crippen molar-refractivity contribution in [3.05, 3.63) is 139 Å². The Labute approximate surface area is 213 Å². The Morgan fingerprint density at radius 3 is 1.43 bits per heavy atom. The molecule has 3 heteroatoms. The molecule has 0 bridgehead atoms. The van der Waals surface area contributed by atoms with E-state index in [4.69, 9.17) is 5.26 Å². The zero-order valence-electron chi connectivity index (χ0n) is 19.6. The summed E-state index contributed by atoms with van der Waals surface area (Å²) in [5.41, 5.74) is 9.89. The summed E-state index contributed by atoms with van der Waals surface area (Å²) in [6.45, 7) is 2.94. The number of pyridine rings is 1. The van der Waals surface area contributed by atoms with Gasteiger partial charge < -0.3 is 12.6 Å². The molecule has 0 atom stereocenters. The van der Waals surface area contributed by atoms with Crippen molar-refractivity contribution in [3.8, 4) is 39.0 Å². The molecule has 0 spiro atoms. The van der Waals surface area contributed by atoms with E-state index in [0.717, 1.165) is 6.54 Å². The molecular weight excluding hydrogens is 444 g/mol. The first-order valence-corrected chi connectivity index (χ1v) is 11.9. The molecule has 0 radical (unpaired) electrons. The summed E-state index contributed by atoms with van der Waals surface area (Å²) in [7, 11) is 0. The maximum absolute atomic E-state index is 7.13. The molecule has 0 saturated heterocycles. The largest absolute Gasteiger partial charge is 0.696 e. The third kappa shape index (κ3) is 6.00. The van der Waals surface area contributed by atoms with Crippen LogP contribution in [0, 0.1) is 17.6 Å². The van der Waals surface area contributed by atoms with Crippen molar-refractivity contribution in [2.75, 3.05) is 0 Å². The maximum Gasteiger partial charge on any atom is 0.213 e. The van der Waals surface area contributed by atoms with Gasteiger partial charge in [-0.05, 0) is 42.3 Å². The van der Waals surface area contributed by atoms with E-state index in [1.165, 1.54) is 50.2 Å². The first kappa shape index (κ1) is 23.9.